The van der Waals surface area contributed by atoms with Gasteiger partial charge in [0.1, 0.15) is 5.78 Å². The van der Waals surface area contributed by atoms with Gasteiger partial charge in [0.15, 0.2) is 5.78 Å². The predicted octanol–water partition coefficient (Wildman–Crippen LogP) is 2.79. The van der Waals surface area contributed by atoms with Crippen LogP contribution in [0.4, 0.5) is 0 Å². The standard InChI is InChI=1S/C13H14O2/c1-11(14)7-5-6-10-13(15)12-8-3-2-4-9-12/h2-6,8-9H,7,10H2,1H3/b6-5+. The second-order valence-corrected chi connectivity index (χ2v) is 3.37. The van der Waals surface area contributed by atoms with Crippen molar-refractivity contribution in [3.05, 3.63) is 48.0 Å². The van der Waals surface area contributed by atoms with E-state index in [4.69, 9.17) is 0 Å². The molecule has 1 aromatic rings. The van der Waals surface area contributed by atoms with Gasteiger partial charge in [-0.3, -0.25) is 9.59 Å². The van der Waals surface area contributed by atoms with E-state index in [-0.39, 0.29) is 11.6 Å². The van der Waals surface area contributed by atoms with Crippen LogP contribution in [0.25, 0.3) is 0 Å². The van der Waals surface area contributed by atoms with Crippen molar-refractivity contribution in [2.45, 2.75) is 19.8 Å². The van der Waals surface area contributed by atoms with Crippen LogP contribution in [-0.2, 0) is 4.79 Å². The Hall–Kier alpha value is -1.70. The van der Waals surface area contributed by atoms with Crippen molar-refractivity contribution in [1.82, 2.24) is 0 Å². The molecule has 0 N–H and O–H groups in total. The summed E-state index contributed by atoms with van der Waals surface area (Å²) in [5.74, 6) is 0.189. The van der Waals surface area contributed by atoms with Gasteiger partial charge in [0.05, 0.1) is 0 Å². The molecule has 0 aliphatic carbocycles. The van der Waals surface area contributed by atoms with E-state index < -0.39 is 0 Å². The Morgan fingerprint density at radius 1 is 1.07 bits per heavy atom. The van der Waals surface area contributed by atoms with Crippen LogP contribution >= 0.6 is 0 Å². The first-order chi connectivity index (χ1) is 7.20. The van der Waals surface area contributed by atoms with E-state index in [0.717, 1.165) is 0 Å². The van der Waals surface area contributed by atoms with Gasteiger partial charge in [0.2, 0.25) is 0 Å². The fourth-order valence-corrected chi connectivity index (χ4v) is 1.18. The Balaban J connectivity index is 2.44. The highest BCUT2D eigenvalue weighted by atomic mass is 16.1. The van der Waals surface area contributed by atoms with Gasteiger partial charge in [-0.2, -0.15) is 0 Å². The summed E-state index contributed by atoms with van der Waals surface area (Å²) >= 11 is 0. The Labute approximate surface area is 89.6 Å². The van der Waals surface area contributed by atoms with Gasteiger partial charge in [-0.05, 0) is 6.92 Å². The molecule has 1 aromatic carbocycles. The maximum atomic E-state index is 11.6. The number of Topliss-reactive ketones (excluding diaryl/α,β-unsaturated/α-hetero) is 2. The summed E-state index contributed by atoms with van der Waals surface area (Å²) in [5.41, 5.74) is 0.713. The summed E-state index contributed by atoms with van der Waals surface area (Å²) in [7, 11) is 0. The number of hydrogen-bond donors (Lipinski definition) is 0. The van der Waals surface area contributed by atoms with Crippen molar-refractivity contribution >= 4 is 11.6 Å². The molecule has 15 heavy (non-hydrogen) atoms. The summed E-state index contributed by atoms with van der Waals surface area (Å²) in [6, 6.07) is 9.14. The van der Waals surface area contributed by atoms with Crippen LogP contribution in [0.3, 0.4) is 0 Å². The van der Waals surface area contributed by atoms with Crippen molar-refractivity contribution in [3.8, 4) is 0 Å². The van der Waals surface area contributed by atoms with Gasteiger partial charge in [-0.25, -0.2) is 0 Å². The number of rotatable bonds is 5. The SMILES string of the molecule is CC(=O)C/C=C/CC(=O)c1ccccc1. The molecule has 2 heteroatoms. The van der Waals surface area contributed by atoms with Gasteiger partial charge in [0, 0.05) is 18.4 Å². The third kappa shape index (κ3) is 4.36. The lowest BCUT2D eigenvalue weighted by molar-refractivity contribution is -0.116. The summed E-state index contributed by atoms with van der Waals surface area (Å²) in [6.45, 7) is 1.53. The summed E-state index contributed by atoms with van der Waals surface area (Å²) < 4.78 is 0. The van der Waals surface area contributed by atoms with Crippen molar-refractivity contribution in [3.63, 3.8) is 0 Å². The van der Waals surface area contributed by atoms with Crippen molar-refractivity contribution in [2.75, 3.05) is 0 Å². The highest BCUT2D eigenvalue weighted by Crippen LogP contribution is 2.03. The van der Waals surface area contributed by atoms with E-state index >= 15 is 0 Å². The normalized spacial score (nSPS) is 10.5. The quantitative estimate of drug-likeness (QED) is 0.543. The van der Waals surface area contributed by atoms with E-state index in [2.05, 4.69) is 0 Å². The lowest BCUT2D eigenvalue weighted by Gasteiger charge is -1.95. The molecule has 1 rings (SSSR count). The number of carbonyl (C=O) groups excluding carboxylic acids is 2. The second kappa shape index (κ2) is 5.91. The third-order valence-electron chi connectivity index (χ3n) is 1.97. The fraction of sp³-hybridized carbons (Fsp3) is 0.231. The first-order valence-electron chi connectivity index (χ1n) is 4.93. The van der Waals surface area contributed by atoms with Crippen LogP contribution in [0.2, 0.25) is 0 Å². The van der Waals surface area contributed by atoms with Crippen LogP contribution in [0, 0.1) is 0 Å². The Bertz CT molecular complexity index is 363. The minimum atomic E-state index is 0.0791. The molecule has 0 aliphatic heterocycles. The minimum Gasteiger partial charge on any atom is -0.300 e. The first-order valence-corrected chi connectivity index (χ1v) is 4.93. The molecule has 78 valence electrons. The minimum absolute atomic E-state index is 0.0791. The Morgan fingerprint density at radius 3 is 2.27 bits per heavy atom. The van der Waals surface area contributed by atoms with E-state index in [1.165, 1.54) is 6.92 Å². The van der Waals surface area contributed by atoms with E-state index in [9.17, 15) is 9.59 Å². The highest BCUT2D eigenvalue weighted by Gasteiger charge is 2.01. The van der Waals surface area contributed by atoms with E-state index in [0.29, 0.717) is 18.4 Å². The van der Waals surface area contributed by atoms with E-state index in [1.54, 1.807) is 24.3 Å². The fourth-order valence-electron chi connectivity index (χ4n) is 1.18. The average molecular weight is 202 g/mol. The molecule has 0 saturated carbocycles. The zero-order chi connectivity index (χ0) is 11.1. The van der Waals surface area contributed by atoms with Crippen LogP contribution < -0.4 is 0 Å². The molecule has 0 aliphatic rings. The van der Waals surface area contributed by atoms with Gasteiger partial charge in [-0.1, -0.05) is 42.5 Å². The second-order valence-electron chi connectivity index (χ2n) is 3.37. The molecular formula is C13H14O2. The molecule has 2 nitrogen and oxygen atoms in total. The van der Waals surface area contributed by atoms with Crippen LogP contribution in [0.5, 0.6) is 0 Å². The average Bonchev–Trinajstić information content (AvgIpc) is 2.25. The highest BCUT2D eigenvalue weighted by molar-refractivity contribution is 5.96. The molecule has 0 bridgehead atoms. The number of allylic oxidation sites excluding steroid dienone is 2. The van der Waals surface area contributed by atoms with Gasteiger partial charge in [-0.15, -0.1) is 0 Å². The smallest absolute Gasteiger partial charge is 0.166 e. The number of benzene rings is 1. The molecule has 0 heterocycles. The Kier molecular flexibility index (Phi) is 4.48. The third-order valence-corrected chi connectivity index (χ3v) is 1.97. The molecule has 0 aromatic heterocycles. The molecule has 0 fully saturated rings. The van der Waals surface area contributed by atoms with Crippen molar-refractivity contribution < 1.29 is 9.59 Å². The molecule has 0 amide bonds. The van der Waals surface area contributed by atoms with Crippen LogP contribution in [0.1, 0.15) is 30.1 Å². The summed E-state index contributed by atoms with van der Waals surface area (Å²) in [5, 5.41) is 0. The summed E-state index contributed by atoms with van der Waals surface area (Å²) in [4.78, 5) is 22.2. The first kappa shape index (κ1) is 11.4. The molecule has 0 radical (unpaired) electrons. The number of hydrogen-bond acceptors (Lipinski definition) is 2. The number of ketones is 2. The Morgan fingerprint density at radius 2 is 1.67 bits per heavy atom. The zero-order valence-corrected chi connectivity index (χ0v) is 8.77. The monoisotopic (exact) mass is 202 g/mol. The molecular weight excluding hydrogens is 188 g/mol. The topological polar surface area (TPSA) is 34.1 Å². The van der Waals surface area contributed by atoms with Crippen LogP contribution in [-0.4, -0.2) is 11.6 Å². The molecule has 0 atom stereocenters. The number of carbonyl (C=O) groups is 2. The molecule has 0 spiro atoms. The maximum absolute atomic E-state index is 11.6. The van der Waals surface area contributed by atoms with E-state index in [1.807, 2.05) is 18.2 Å². The summed E-state index contributed by atoms with van der Waals surface area (Å²) in [6.07, 6.45) is 4.25. The van der Waals surface area contributed by atoms with Gasteiger partial charge >= 0.3 is 0 Å². The predicted molar refractivity (Wildman–Crippen MR) is 59.8 cm³/mol. The van der Waals surface area contributed by atoms with Crippen molar-refractivity contribution in [2.24, 2.45) is 0 Å². The van der Waals surface area contributed by atoms with Crippen molar-refractivity contribution in [1.29, 1.82) is 0 Å². The largest absolute Gasteiger partial charge is 0.300 e. The van der Waals surface area contributed by atoms with Gasteiger partial charge < -0.3 is 0 Å². The zero-order valence-electron chi connectivity index (χ0n) is 8.77. The maximum Gasteiger partial charge on any atom is 0.166 e. The van der Waals surface area contributed by atoms with Gasteiger partial charge in [0.25, 0.3) is 0 Å². The molecule has 0 unspecified atom stereocenters. The lowest BCUT2D eigenvalue weighted by atomic mass is 10.1. The van der Waals surface area contributed by atoms with Crippen LogP contribution in [0.15, 0.2) is 42.5 Å². The lowest BCUT2D eigenvalue weighted by Crippen LogP contribution is -1.96. The molecule has 0 saturated heterocycles.